The lowest BCUT2D eigenvalue weighted by Crippen LogP contribution is -2.31. The molecule has 0 bridgehead atoms. The summed E-state index contributed by atoms with van der Waals surface area (Å²) in [5, 5.41) is 3.51. The van der Waals surface area contributed by atoms with Crippen molar-refractivity contribution in [2.75, 3.05) is 0 Å². The first kappa shape index (κ1) is 22.9. The highest BCUT2D eigenvalue weighted by atomic mass is 32.1. The smallest absolute Gasteiger partial charge is 0.123 e. The zero-order valence-electron chi connectivity index (χ0n) is 20.5. The van der Waals surface area contributed by atoms with Gasteiger partial charge in [-0.15, -0.1) is 11.3 Å². The molecule has 5 heteroatoms. The molecule has 7 rings (SSSR count). The number of thiophene rings is 1. The molecule has 2 aromatic carbocycles. The number of nitrogens with zero attached hydrogens (tertiary/aromatic N) is 2. The van der Waals surface area contributed by atoms with Gasteiger partial charge in [0.15, 0.2) is 0 Å². The number of aromatic nitrogens is 1. The second kappa shape index (κ2) is 9.21. The first-order valence-electron chi connectivity index (χ1n) is 13.2. The van der Waals surface area contributed by atoms with Crippen molar-refractivity contribution in [3.63, 3.8) is 0 Å². The van der Waals surface area contributed by atoms with Crippen LogP contribution in [-0.4, -0.2) is 9.88 Å². The topological polar surface area (TPSA) is 16.1 Å². The summed E-state index contributed by atoms with van der Waals surface area (Å²) >= 11 is 1.71. The molecule has 3 aliphatic rings. The van der Waals surface area contributed by atoms with E-state index >= 15 is 0 Å². The highest BCUT2D eigenvalue weighted by molar-refractivity contribution is 7.16. The van der Waals surface area contributed by atoms with E-state index in [9.17, 15) is 8.78 Å². The molecule has 2 aliphatic carbocycles. The average Bonchev–Trinajstić information content (AvgIpc) is 3.85. The predicted molar refractivity (Wildman–Crippen MR) is 145 cm³/mol. The Morgan fingerprint density at radius 1 is 0.838 bits per heavy atom. The van der Waals surface area contributed by atoms with Gasteiger partial charge in [0.1, 0.15) is 16.5 Å². The Kier molecular flexibility index (Phi) is 5.69. The molecule has 0 radical (unpaired) electrons. The first-order chi connectivity index (χ1) is 18.1. The molecule has 0 N–H and O–H groups in total. The Morgan fingerprint density at radius 2 is 1.51 bits per heavy atom. The van der Waals surface area contributed by atoms with Crippen LogP contribution in [0.2, 0.25) is 0 Å². The summed E-state index contributed by atoms with van der Waals surface area (Å²) < 4.78 is 27.5. The second-order valence-electron chi connectivity index (χ2n) is 10.6. The Hall–Kier alpha value is -3.31. The molecule has 2 nitrogen and oxygen atoms in total. The molecule has 0 spiro atoms. The summed E-state index contributed by atoms with van der Waals surface area (Å²) in [6.45, 7) is 0.750. The van der Waals surface area contributed by atoms with E-state index in [-0.39, 0.29) is 17.6 Å². The van der Waals surface area contributed by atoms with Crippen LogP contribution in [0, 0.1) is 23.5 Å². The van der Waals surface area contributed by atoms with E-state index < -0.39 is 0 Å². The molecule has 37 heavy (non-hydrogen) atoms. The Morgan fingerprint density at radius 3 is 2.19 bits per heavy atom. The quantitative estimate of drug-likeness (QED) is 0.248. The number of benzene rings is 2. The van der Waals surface area contributed by atoms with Gasteiger partial charge in [0.25, 0.3) is 0 Å². The number of hydrogen-bond acceptors (Lipinski definition) is 3. The number of halogens is 2. The third-order valence-corrected chi connectivity index (χ3v) is 8.80. The van der Waals surface area contributed by atoms with E-state index in [4.69, 9.17) is 0 Å². The van der Waals surface area contributed by atoms with Crippen molar-refractivity contribution in [2.24, 2.45) is 11.8 Å². The molecule has 2 fully saturated rings. The number of allylic oxidation sites excluding steroid dienone is 4. The van der Waals surface area contributed by atoms with Gasteiger partial charge in [-0.05, 0) is 102 Å². The van der Waals surface area contributed by atoms with Crippen LogP contribution in [0.1, 0.15) is 48.3 Å². The zero-order valence-corrected chi connectivity index (χ0v) is 21.4. The van der Waals surface area contributed by atoms with Crippen molar-refractivity contribution >= 4 is 21.6 Å². The second-order valence-corrected chi connectivity index (χ2v) is 11.4. The lowest BCUT2D eigenvalue weighted by atomic mass is 9.81. The Bertz CT molecular complexity index is 1510. The van der Waals surface area contributed by atoms with E-state index in [1.165, 1.54) is 53.6 Å². The zero-order chi connectivity index (χ0) is 24.9. The van der Waals surface area contributed by atoms with Gasteiger partial charge < -0.3 is 4.90 Å². The summed E-state index contributed by atoms with van der Waals surface area (Å²) in [5.41, 5.74) is 7.83. The van der Waals surface area contributed by atoms with Crippen LogP contribution in [0.25, 0.3) is 10.2 Å². The van der Waals surface area contributed by atoms with E-state index in [0.717, 1.165) is 28.9 Å². The maximum absolute atomic E-state index is 13.8. The van der Waals surface area contributed by atoms with Gasteiger partial charge in [0, 0.05) is 35.4 Å². The van der Waals surface area contributed by atoms with Crippen LogP contribution in [0.3, 0.4) is 0 Å². The van der Waals surface area contributed by atoms with E-state index in [0.29, 0.717) is 11.8 Å². The number of fused-ring (bicyclic) bond motifs is 1. The van der Waals surface area contributed by atoms with Crippen LogP contribution in [-0.2, 0) is 13.0 Å². The molecule has 1 unspecified atom stereocenters. The molecular weight excluding hydrogens is 482 g/mol. The lowest BCUT2D eigenvalue weighted by molar-refractivity contribution is 0.355. The third kappa shape index (κ3) is 4.50. The van der Waals surface area contributed by atoms with Crippen molar-refractivity contribution in [2.45, 2.75) is 44.6 Å². The maximum atomic E-state index is 13.8. The van der Waals surface area contributed by atoms with Gasteiger partial charge in [-0.25, -0.2) is 13.8 Å². The van der Waals surface area contributed by atoms with Gasteiger partial charge in [-0.3, -0.25) is 0 Å². The SMILES string of the molecule is Fc1ccc(CC2=C(C3CC3)N(Cc3ccc(F)cc3)C(C3CC3)=CC2c2csc3ncccc23)cc1. The molecule has 3 heterocycles. The standard InChI is InChI=1S/C32H28F2N2S/c33-24-11-3-20(4-12-24)16-28-27(29-19-37-32-26(29)2-1-15-35-32)17-30(22-7-8-22)36(31(28)23-9-10-23)18-21-5-13-25(34)14-6-21/h1-6,11-15,17,19,22-23,27H,7-10,16,18H2. The van der Waals surface area contributed by atoms with Gasteiger partial charge in [0.05, 0.1) is 0 Å². The number of hydrogen-bond donors (Lipinski definition) is 0. The largest absolute Gasteiger partial charge is 0.344 e. The normalized spacial score (nSPS) is 20.0. The predicted octanol–water partition coefficient (Wildman–Crippen LogP) is 8.37. The minimum atomic E-state index is -0.205. The van der Waals surface area contributed by atoms with Crippen LogP contribution in [0.5, 0.6) is 0 Å². The molecule has 4 aromatic rings. The van der Waals surface area contributed by atoms with Gasteiger partial charge >= 0.3 is 0 Å². The van der Waals surface area contributed by atoms with Crippen LogP contribution in [0.4, 0.5) is 8.78 Å². The van der Waals surface area contributed by atoms with Crippen molar-refractivity contribution in [1.82, 2.24) is 9.88 Å². The summed E-state index contributed by atoms with van der Waals surface area (Å²) in [5.74, 6) is 0.868. The van der Waals surface area contributed by atoms with Crippen molar-refractivity contribution in [3.8, 4) is 0 Å². The lowest BCUT2D eigenvalue weighted by Gasteiger charge is -2.39. The van der Waals surface area contributed by atoms with Gasteiger partial charge in [0.2, 0.25) is 0 Å². The van der Waals surface area contributed by atoms with Crippen molar-refractivity contribution in [1.29, 1.82) is 0 Å². The van der Waals surface area contributed by atoms with E-state index in [1.54, 1.807) is 35.6 Å². The number of pyridine rings is 1. The summed E-state index contributed by atoms with van der Waals surface area (Å²) in [7, 11) is 0. The Labute approximate surface area is 220 Å². The minimum absolute atomic E-state index is 0.165. The maximum Gasteiger partial charge on any atom is 0.123 e. The fraction of sp³-hybridized carbons (Fsp3) is 0.281. The molecule has 1 atom stereocenters. The van der Waals surface area contributed by atoms with Gasteiger partial charge in [-0.1, -0.05) is 36.4 Å². The fourth-order valence-electron chi connectivity index (χ4n) is 5.79. The Balaban J connectivity index is 1.39. The van der Waals surface area contributed by atoms with Crippen LogP contribution >= 0.6 is 11.3 Å². The van der Waals surface area contributed by atoms with E-state index in [2.05, 4.69) is 27.4 Å². The first-order valence-corrected chi connectivity index (χ1v) is 14.0. The van der Waals surface area contributed by atoms with Gasteiger partial charge in [-0.2, -0.15) is 0 Å². The molecule has 1 aliphatic heterocycles. The minimum Gasteiger partial charge on any atom is -0.344 e. The fourth-order valence-corrected chi connectivity index (χ4v) is 6.73. The summed E-state index contributed by atoms with van der Waals surface area (Å²) in [4.78, 5) is 8.26. The average molecular weight is 511 g/mol. The monoisotopic (exact) mass is 510 g/mol. The van der Waals surface area contributed by atoms with Crippen molar-refractivity contribution < 1.29 is 8.78 Å². The molecular formula is C32H28F2N2S. The van der Waals surface area contributed by atoms with E-state index in [1.807, 2.05) is 36.5 Å². The van der Waals surface area contributed by atoms with Crippen LogP contribution < -0.4 is 0 Å². The van der Waals surface area contributed by atoms with Crippen molar-refractivity contribution in [3.05, 3.63) is 124 Å². The number of rotatable bonds is 7. The summed E-state index contributed by atoms with van der Waals surface area (Å²) in [6.07, 6.45) is 9.97. The molecule has 186 valence electrons. The highest BCUT2D eigenvalue weighted by Gasteiger charge is 2.42. The third-order valence-electron chi connectivity index (χ3n) is 7.88. The highest BCUT2D eigenvalue weighted by Crippen LogP contribution is 2.53. The molecule has 2 saturated carbocycles. The summed E-state index contributed by atoms with van der Waals surface area (Å²) in [6, 6.07) is 18.1. The molecule has 2 aromatic heterocycles. The van der Waals surface area contributed by atoms with Crippen LogP contribution in [0.15, 0.2) is 95.3 Å². The molecule has 0 amide bonds. The molecule has 0 saturated heterocycles.